The van der Waals surface area contributed by atoms with E-state index < -0.39 is 11.9 Å². The largest absolute Gasteiger partial charge is 0.474 e. The smallest absolute Gasteiger partial charge is 0.394 e. The van der Waals surface area contributed by atoms with E-state index in [-0.39, 0.29) is 5.82 Å². The number of carboxylic acids is 1. The molecule has 0 aliphatic carbocycles. The lowest BCUT2D eigenvalue weighted by Crippen LogP contribution is -1.95. The van der Waals surface area contributed by atoms with Gasteiger partial charge >= 0.3 is 11.9 Å². The van der Waals surface area contributed by atoms with Crippen LogP contribution in [0.2, 0.25) is 0 Å². The number of hydrogen-bond donors (Lipinski definition) is 1. The summed E-state index contributed by atoms with van der Waals surface area (Å²) in [4.78, 5) is 14.5. The van der Waals surface area contributed by atoms with Crippen molar-refractivity contribution in [1.82, 2.24) is 10.1 Å². The first-order valence-corrected chi connectivity index (χ1v) is 5.69. The maximum Gasteiger partial charge on any atom is 0.394 e. The monoisotopic (exact) mass is 265 g/mol. The molecule has 96 valence electrons. The van der Waals surface area contributed by atoms with E-state index >= 15 is 0 Å². The van der Waals surface area contributed by atoms with Crippen LogP contribution < -0.4 is 0 Å². The molecule has 0 saturated carbocycles. The summed E-state index contributed by atoms with van der Waals surface area (Å²) >= 11 is 0. The average molecular weight is 265 g/mol. The number of fused-ring (bicyclic) bond motifs is 1. The van der Waals surface area contributed by atoms with Crippen LogP contribution in [0.25, 0.3) is 22.2 Å². The van der Waals surface area contributed by atoms with Crippen molar-refractivity contribution in [2.75, 3.05) is 0 Å². The summed E-state index contributed by atoms with van der Waals surface area (Å²) in [5, 5.41) is 23.2. The third-order valence-electron chi connectivity index (χ3n) is 2.85. The van der Waals surface area contributed by atoms with Crippen molar-refractivity contribution in [2.24, 2.45) is 0 Å². The standard InChI is InChI=1S/C14H7N3O3/c15-7-10-6-9(5-8-3-1-2-4-11(8)10)12-16-13(14(18)19)20-17-12/h1-6H,(H,18,19). The van der Waals surface area contributed by atoms with Crippen molar-refractivity contribution in [1.29, 1.82) is 5.26 Å². The molecular formula is C14H7N3O3. The van der Waals surface area contributed by atoms with Crippen LogP contribution in [0.3, 0.4) is 0 Å². The minimum atomic E-state index is -1.29. The highest BCUT2D eigenvalue weighted by Gasteiger charge is 2.15. The van der Waals surface area contributed by atoms with E-state index in [9.17, 15) is 10.1 Å². The van der Waals surface area contributed by atoms with E-state index in [1.165, 1.54) is 0 Å². The van der Waals surface area contributed by atoms with Crippen molar-refractivity contribution in [3.05, 3.63) is 47.9 Å². The number of aromatic carboxylic acids is 1. The van der Waals surface area contributed by atoms with Crippen molar-refractivity contribution in [3.63, 3.8) is 0 Å². The third-order valence-corrected chi connectivity index (χ3v) is 2.85. The zero-order chi connectivity index (χ0) is 14.1. The number of nitriles is 1. The summed E-state index contributed by atoms with van der Waals surface area (Å²) in [7, 11) is 0. The Bertz CT molecular complexity index is 861. The van der Waals surface area contributed by atoms with Crippen LogP contribution >= 0.6 is 0 Å². The fraction of sp³-hybridized carbons (Fsp3) is 0. The van der Waals surface area contributed by atoms with Crippen LogP contribution in [-0.4, -0.2) is 21.2 Å². The van der Waals surface area contributed by atoms with E-state index in [1.807, 2.05) is 24.3 Å². The number of carboxylic acid groups (broad SMARTS) is 1. The predicted molar refractivity (Wildman–Crippen MR) is 68.9 cm³/mol. The molecule has 0 atom stereocenters. The lowest BCUT2D eigenvalue weighted by Gasteiger charge is -2.02. The highest BCUT2D eigenvalue weighted by molar-refractivity contribution is 5.91. The van der Waals surface area contributed by atoms with Gasteiger partial charge in [0.25, 0.3) is 0 Å². The molecule has 1 N–H and O–H groups in total. The van der Waals surface area contributed by atoms with Gasteiger partial charge in [-0.2, -0.15) is 10.2 Å². The fourth-order valence-corrected chi connectivity index (χ4v) is 1.96. The van der Waals surface area contributed by atoms with E-state index in [1.54, 1.807) is 12.1 Å². The Kier molecular flexibility index (Phi) is 2.66. The quantitative estimate of drug-likeness (QED) is 0.763. The Morgan fingerprint density at radius 2 is 2.10 bits per heavy atom. The number of carbonyl (C=O) groups is 1. The second-order valence-electron chi connectivity index (χ2n) is 4.09. The lowest BCUT2D eigenvalue weighted by molar-refractivity contribution is 0.0643. The van der Waals surface area contributed by atoms with E-state index in [0.717, 1.165) is 10.8 Å². The Morgan fingerprint density at radius 1 is 1.30 bits per heavy atom. The highest BCUT2D eigenvalue weighted by atomic mass is 16.5. The molecule has 0 saturated heterocycles. The summed E-state index contributed by atoms with van der Waals surface area (Å²) in [5.74, 6) is -1.62. The van der Waals surface area contributed by atoms with Gasteiger partial charge in [-0.05, 0) is 22.9 Å². The van der Waals surface area contributed by atoms with Gasteiger partial charge in [-0.15, -0.1) is 0 Å². The molecule has 20 heavy (non-hydrogen) atoms. The topological polar surface area (TPSA) is 100 Å². The number of rotatable bonds is 2. The second-order valence-corrected chi connectivity index (χ2v) is 4.09. The number of nitrogens with zero attached hydrogens (tertiary/aromatic N) is 3. The molecule has 3 rings (SSSR count). The zero-order valence-corrected chi connectivity index (χ0v) is 10.1. The van der Waals surface area contributed by atoms with Crippen LogP contribution in [0, 0.1) is 11.3 Å². The van der Waals surface area contributed by atoms with Crippen LogP contribution in [0.4, 0.5) is 0 Å². The first-order chi connectivity index (χ1) is 9.69. The van der Waals surface area contributed by atoms with Gasteiger partial charge in [0.2, 0.25) is 5.82 Å². The molecule has 3 aromatic rings. The lowest BCUT2D eigenvalue weighted by atomic mass is 10.0. The van der Waals surface area contributed by atoms with Crippen molar-refractivity contribution >= 4 is 16.7 Å². The Morgan fingerprint density at radius 3 is 2.80 bits per heavy atom. The van der Waals surface area contributed by atoms with Gasteiger partial charge < -0.3 is 9.63 Å². The molecule has 0 bridgehead atoms. The minimum absolute atomic E-state index is 0.143. The predicted octanol–water partition coefficient (Wildman–Crippen LogP) is 2.46. The highest BCUT2D eigenvalue weighted by Crippen LogP contribution is 2.25. The SMILES string of the molecule is N#Cc1cc(-c2noc(C(=O)O)n2)cc2ccccc12. The molecule has 2 aromatic carbocycles. The Balaban J connectivity index is 2.21. The number of hydrogen-bond acceptors (Lipinski definition) is 5. The third kappa shape index (κ3) is 1.87. The maximum absolute atomic E-state index is 10.7. The number of aromatic nitrogens is 2. The van der Waals surface area contributed by atoms with Crippen molar-refractivity contribution < 1.29 is 14.4 Å². The van der Waals surface area contributed by atoms with Crippen molar-refractivity contribution in [2.45, 2.75) is 0 Å². The molecule has 1 heterocycles. The summed E-state index contributed by atoms with van der Waals surface area (Å²) in [6, 6.07) is 12.9. The van der Waals surface area contributed by atoms with E-state index in [4.69, 9.17) is 5.11 Å². The average Bonchev–Trinajstić information content (AvgIpc) is 2.96. The summed E-state index contributed by atoms with van der Waals surface area (Å²) in [6.45, 7) is 0. The Hall–Kier alpha value is -3.20. The summed E-state index contributed by atoms with van der Waals surface area (Å²) in [5.41, 5.74) is 1.01. The van der Waals surface area contributed by atoms with Crippen LogP contribution in [-0.2, 0) is 0 Å². The first kappa shape index (κ1) is 11.9. The van der Waals surface area contributed by atoms with Gasteiger partial charge in [-0.25, -0.2) is 4.79 Å². The molecule has 0 aliphatic rings. The van der Waals surface area contributed by atoms with E-state index in [2.05, 4.69) is 20.7 Å². The molecule has 0 unspecified atom stereocenters. The molecule has 0 fully saturated rings. The first-order valence-electron chi connectivity index (χ1n) is 5.69. The van der Waals surface area contributed by atoms with Crippen molar-refractivity contribution in [3.8, 4) is 17.5 Å². The fourth-order valence-electron chi connectivity index (χ4n) is 1.96. The molecule has 6 nitrogen and oxygen atoms in total. The molecule has 6 heteroatoms. The van der Waals surface area contributed by atoms with Gasteiger partial charge in [-0.3, -0.25) is 0 Å². The second kappa shape index (κ2) is 4.48. The van der Waals surface area contributed by atoms with Crippen LogP contribution in [0.5, 0.6) is 0 Å². The normalized spacial score (nSPS) is 10.3. The molecule has 0 radical (unpaired) electrons. The molecule has 1 aromatic heterocycles. The molecular weight excluding hydrogens is 258 g/mol. The minimum Gasteiger partial charge on any atom is -0.474 e. The Labute approximate surface area is 112 Å². The summed E-state index contributed by atoms with van der Waals surface area (Å²) < 4.78 is 4.62. The van der Waals surface area contributed by atoms with E-state index in [0.29, 0.717) is 11.1 Å². The number of benzene rings is 2. The van der Waals surface area contributed by atoms with Crippen LogP contribution in [0.15, 0.2) is 40.9 Å². The summed E-state index contributed by atoms with van der Waals surface area (Å²) in [6.07, 6.45) is 0. The van der Waals surface area contributed by atoms with Gasteiger partial charge in [0.1, 0.15) is 0 Å². The van der Waals surface area contributed by atoms with Gasteiger partial charge in [0, 0.05) is 5.56 Å². The molecule has 0 spiro atoms. The molecule has 0 amide bonds. The van der Waals surface area contributed by atoms with Gasteiger partial charge in [0.15, 0.2) is 0 Å². The zero-order valence-electron chi connectivity index (χ0n) is 10.1. The maximum atomic E-state index is 10.7. The van der Waals surface area contributed by atoms with Crippen LogP contribution in [0.1, 0.15) is 16.2 Å². The van der Waals surface area contributed by atoms with Gasteiger partial charge in [-0.1, -0.05) is 29.4 Å². The molecule has 0 aliphatic heterocycles. The van der Waals surface area contributed by atoms with Gasteiger partial charge in [0.05, 0.1) is 11.6 Å².